The fourth-order valence-corrected chi connectivity index (χ4v) is 3.30. The number of carbonyl (C=O) groups excluding carboxylic acids is 1. The molecule has 2 aromatic carbocycles. The number of para-hydroxylation sites is 1. The monoisotopic (exact) mass is 359 g/mol. The summed E-state index contributed by atoms with van der Waals surface area (Å²) in [5, 5.41) is 0.863. The summed E-state index contributed by atoms with van der Waals surface area (Å²) in [7, 11) is 0. The average Bonchev–Trinajstić information content (AvgIpc) is 2.59. The van der Waals surface area contributed by atoms with Crippen molar-refractivity contribution < 1.29 is 4.79 Å². The molecule has 0 unspecified atom stereocenters. The van der Waals surface area contributed by atoms with Crippen LogP contribution in [-0.2, 0) is 0 Å². The maximum Gasteiger partial charge on any atom is 0.280 e. The van der Waals surface area contributed by atoms with Crippen molar-refractivity contribution in [3.05, 3.63) is 69.5 Å². The lowest BCUT2D eigenvalue weighted by molar-refractivity contribution is 0.0994. The van der Waals surface area contributed by atoms with Gasteiger partial charge in [-0.3, -0.25) is 9.59 Å². The Kier molecular flexibility index (Phi) is 4.59. The summed E-state index contributed by atoms with van der Waals surface area (Å²) in [4.78, 5) is 29.2. The van der Waals surface area contributed by atoms with Crippen molar-refractivity contribution >= 4 is 40.0 Å². The van der Waals surface area contributed by atoms with E-state index in [4.69, 9.17) is 17.4 Å². The highest BCUT2D eigenvalue weighted by atomic mass is 35.5. The summed E-state index contributed by atoms with van der Waals surface area (Å²) < 4.78 is 0.985. The van der Waals surface area contributed by atoms with E-state index in [2.05, 4.69) is 4.98 Å². The molecule has 0 aliphatic heterocycles. The van der Waals surface area contributed by atoms with Crippen molar-refractivity contribution in [2.24, 2.45) is 0 Å². The lowest BCUT2D eigenvalue weighted by atomic mass is 10.1. The van der Waals surface area contributed by atoms with Crippen molar-refractivity contribution in [2.75, 3.05) is 5.84 Å². The van der Waals surface area contributed by atoms with Gasteiger partial charge in [0.15, 0.2) is 10.9 Å². The molecular weight excluding hydrogens is 346 g/mol. The summed E-state index contributed by atoms with van der Waals surface area (Å²) in [5.41, 5.74) is 0.762. The molecule has 0 radical (unpaired) electrons. The number of nitrogens with zero attached hydrogens (tertiary/aromatic N) is 2. The van der Waals surface area contributed by atoms with Crippen LogP contribution in [0.5, 0.6) is 0 Å². The minimum atomic E-state index is -0.450. The molecule has 0 amide bonds. The highest BCUT2D eigenvalue weighted by molar-refractivity contribution is 8.00. The van der Waals surface area contributed by atoms with E-state index in [1.807, 2.05) is 0 Å². The minimum Gasteiger partial charge on any atom is -0.334 e. The van der Waals surface area contributed by atoms with Crippen LogP contribution in [0.2, 0.25) is 5.02 Å². The molecule has 0 saturated heterocycles. The van der Waals surface area contributed by atoms with Gasteiger partial charge in [0.05, 0.1) is 16.2 Å². The van der Waals surface area contributed by atoms with E-state index in [9.17, 15) is 9.59 Å². The quantitative estimate of drug-likeness (QED) is 0.335. The van der Waals surface area contributed by atoms with Gasteiger partial charge in [-0.2, -0.15) is 0 Å². The summed E-state index contributed by atoms with van der Waals surface area (Å²) in [6.07, 6.45) is 0. The van der Waals surface area contributed by atoms with Gasteiger partial charge in [-0.1, -0.05) is 35.5 Å². The van der Waals surface area contributed by atoms with E-state index >= 15 is 0 Å². The molecule has 3 rings (SSSR count). The number of ketones is 1. The molecule has 1 aromatic heterocycles. The Labute approximate surface area is 147 Å². The molecule has 0 spiro atoms. The zero-order valence-corrected chi connectivity index (χ0v) is 14.3. The van der Waals surface area contributed by atoms with Crippen molar-refractivity contribution in [3.8, 4) is 0 Å². The fourth-order valence-electron chi connectivity index (χ4n) is 2.27. The Morgan fingerprint density at radius 2 is 1.88 bits per heavy atom. The third kappa shape index (κ3) is 3.16. The van der Waals surface area contributed by atoms with Gasteiger partial charge >= 0.3 is 0 Å². The lowest BCUT2D eigenvalue weighted by Crippen LogP contribution is -2.30. The Hall–Kier alpha value is -2.31. The molecule has 1 atom stereocenters. The second-order valence-corrected chi connectivity index (χ2v) is 6.96. The first-order chi connectivity index (χ1) is 11.5. The summed E-state index contributed by atoms with van der Waals surface area (Å²) in [6, 6.07) is 13.6. The van der Waals surface area contributed by atoms with Crippen LogP contribution in [-0.4, -0.2) is 20.7 Å². The van der Waals surface area contributed by atoms with Crippen molar-refractivity contribution in [1.82, 2.24) is 9.66 Å². The molecular formula is C17H14ClN3O2S. The predicted molar refractivity (Wildman–Crippen MR) is 97.3 cm³/mol. The van der Waals surface area contributed by atoms with Crippen molar-refractivity contribution in [2.45, 2.75) is 17.3 Å². The second kappa shape index (κ2) is 6.67. The van der Waals surface area contributed by atoms with Crippen LogP contribution in [0.1, 0.15) is 17.3 Å². The zero-order valence-electron chi connectivity index (χ0n) is 12.8. The molecule has 0 fully saturated rings. The number of rotatable bonds is 4. The molecule has 2 N–H and O–H groups in total. The number of hydrogen-bond donors (Lipinski definition) is 1. The first kappa shape index (κ1) is 16.5. The number of thioether (sulfide) groups is 1. The molecule has 24 heavy (non-hydrogen) atoms. The molecule has 3 aromatic rings. The van der Waals surface area contributed by atoms with Gasteiger partial charge < -0.3 is 5.84 Å². The van der Waals surface area contributed by atoms with E-state index < -0.39 is 5.25 Å². The molecule has 0 bridgehead atoms. The SMILES string of the molecule is C[C@@H](Sc1nc2ccccc2c(=O)n1N)C(=O)c1ccc(Cl)cc1. The Morgan fingerprint density at radius 3 is 2.58 bits per heavy atom. The second-order valence-electron chi connectivity index (χ2n) is 5.22. The van der Waals surface area contributed by atoms with E-state index in [0.29, 0.717) is 26.6 Å². The molecule has 7 heteroatoms. The van der Waals surface area contributed by atoms with Gasteiger partial charge in [-0.15, -0.1) is 0 Å². The van der Waals surface area contributed by atoms with Crippen LogP contribution >= 0.6 is 23.4 Å². The van der Waals surface area contributed by atoms with Crippen molar-refractivity contribution in [3.63, 3.8) is 0 Å². The number of nitrogen functional groups attached to an aromatic ring is 1. The number of hydrogen-bond acceptors (Lipinski definition) is 5. The van der Waals surface area contributed by atoms with E-state index in [0.717, 1.165) is 16.4 Å². The number of nitrogens with two attached hydrogens (primary N) is 1. The number of halogens is 1. The smallest absolute Gasteiger partial charge is 0.280 e. The molecule has 0 saturated carbocycles. The highest BCUT2D eigenvalue weighted by Gasteiger charge is 2.20. The Balaban J connectivity index is 1.91. The number of aromatic nitrogens is 2. The molecule has 122 valence electrons. The fraction of sp³-hybridized carbons (Fsp3) is 0.118. The molecule has 0 aliphatic carbocycles. The topological polar surface area (TPSA) is 78.0 Å². The summed E-state index contributed by atoms with van der Waals surface area (Å²) >= 11 is 6.99. The van der Waals surface area contributed by atoms with E-state index in [1.54, 1.807) is 55.5 Å². The van der Waals surface area contributed by atoms with Gasteiger partial charge in [0.25, 0.3) is 5.56 Å². The molecule has 0 aliphatic rings. The average molecular weight is 360 g/mol. The highest BCUT2D eigenvalue weighted by Crippen LogP contribution is 2.24. The number of Topliss-reactive ketones (excluding diaryl/α,β-unsaturated/α-hetero) is 1. The molecule has 1 heterocycles. The Morgan fingerprint density at radius 1 is 1.21 bits per heavy atom. The van der Waals surface area contributed by atoms with Crippen LogP contribution in [0.4, 0.5) is 0 Å². The maximum absolute atomic E-state index is 12.5. The predicted octanol–water partition coefficient (Wildman–Crippen LogP) is 3.13. The minimum absolute atomic E-state index is 0.0842. The van der Waals surface area contributed by atoms with Gasteiger partial charge in [0.1, 0.15) is 0 Å². The van der Waals surface area contributed by atoms with Crippen LogP contribution in [0, 0.1) is 0 Å². The van der Waals surface area contributed by atoms with E-state index in [-0.39, 0.29) is 11.3 Å². The van der Waals surface area contributed by atoms with Crippen LogP contribution in [0.25, 0.3) is 10.9 Å². The van der Waals surface area contributed by atoms with Crippen molar-refractivity contribution in [1.29, 1.82) is 0 Å². The largest absolute Gasteiger partial charge is 0.334 e. The van der Waals surface area contributed by atoms with Gasteiger partial charge in [0, 0.05) is 10.6 Å². The third-order valence-corrected chi connectivity index (χ3v) is 4.87. The normalized spacial score (nSPS) is 12.2. The maximum atomic E-state index is 12.5. The van der Waals surface area contributed by atoms with Crippen LogP contribution < -0.4 is 11.4 Å². The number of carbonyl (C=O) groups is 1. The first-order valence-corrected chi connectivity index (χ1v) is 8.46. The first-order valence-electron chi connectivity index (χ1n) is 7.20. The zero-order chi connectivity index (χ0) is 17.3. The van der Waals surface area contributed by atoms with Gasteiger partial charge in [-0.05, 0) is 43.3 Å². The summed E-state index contributed by atoms with van der Waals surface area (Å²) in [5.74, 6) is 5.76. The number of fused-ring (bicyclic) bond motifs is 1. The standard InChI is InChI=1S/C17H14ClN3O2S/c1-10(15(22)11-6-8-12(18)9-7-11)24-17-20-14-5-3-2-4-13(14)16(23)21(17)19/h2-10H,19H2,1H3/t10-/m1/s1. The van der Waals surface area contributed by atoms with Crippen LogP contribution in [0.15, 0.2) is 58.5 Å². The van der Waals surface area contributed by atoms with E-state index in [1.165, 1.54) is 0 Å². The van der Waals surface area contributed by atoms with Gasteiger partial charge in [0.2, 0.25) is 0 Å². The number of benzene rings is 2. The van der Waals surface area contributed by atoms with Crippen LogP contribution in [0.3, 0.4) is 0 Å². The van der Waals surface area contributed by atoms with Gasteiger partial charge in [-0.25, -0.2) is 9.66 Å². The molecule has 5 nitrogen and oxygen atoms in total. The lowest BCUT2D eigenvalue weighted by Gasteiger charge is -2.13. The Bertz CT molecular complexity index is 970. The summed E-state index contributed by atoms with van der Waals surface area (Å²) in [6.45, 7) is 1.75. The third-order valence-electron chi connectivity index (χ3n) is 3.56.